The Morgan fingerprint density at radius 3 is 2.43 bits per heavy atom. The van der Waals surface area contributed by atoms with Crippen LogP contribution in [0.15, 0.2) is 54.7 Å². The Morgan fingerprint density at radius 1 is 1.07 bits per heavy atom. The first-order valence-electron chi connectivity index (χ1n) is 9.99. The van der Waals surface area contributed by atoms with Gasteiger partial charge in [-0.3, -0.25) is 4.79 Å². The number of H-pyrrole nitrogens is 1. The van der Waals surface area contributed by atoms with Gasteiger partial charge in [0.05, 0.1) is 5.56 Å². The summed E-state index contributed by atoms with van der Waals surface area (Å²) < 4.78 is 38.1. The summed E-state index contributed by atoms with van der Waals surface area (Å²) in [6.45, 7) is 4.39. The van der Waals surface area contributed by atoms with Gasteiger partial charge >= 0.3 is 6.18 Å². The van der Waals surface area contributed by atoms with Crippen molar-refractivity contribution in [2.24, 2.45) is 5.92 Å². The number of alkyl halides is 3. The number of amides is 1. The van der Waals surface area contributed by atoms with Crippen molar-refractivity contribution in [2.45, 2.75) is 38.9 Å². The minimum atomic E-state index is -4.35. The molecule has 1 heterocycles. The van der Waals surface area contributed by atoms with Crippen LogP contribution in [0.4, 0.5) is 18.9 Å². The first-order chi connectivity index (χ1) is 14.2. The largest absolute Gasteiger partial charge is 0.416 e. The molecular weight excluding hydrogens is 391 g/mol. The van der Waals surface area contributed by atoms with Gasteiger partial charge in [0.2, 0.25) is 5.91 Å². The Labute approximate surface area is 173 Å². The predicted octanol–water partition coefficient (Wildman–Crippen LogP) is 5.37. The third-order valence-electron chi connectivity index (χ3n) is 5.18. The molecule has 2 aromatic carbocycles. The van der Waals surface area contributed by atoms with Crippen molar-refractivity contribution in [3.05, 3.63) is 65.9 Å². The van der Waals surface area contributed by atoms with E-state index in [2.05, 4.69) is 15.6 Å². The predicted molar refractivity (Wildman–Crippen MR) is 113 cm³/mol. The van der Waals surface area contributed by atoms with E-state index < -0.39 is 11.7 Å². The van der Waals surface area contributed by atoms with Gasteiger partial charge in [0.25, 0.3) is 0 Å². The number of hydrogen-bond acceptors (Lipinski definition) is 2. The minimum Gasteiger partial charge on any atom is -0.380 e. The molecule has 0 spiro atoms. The topological polar surface area (TPSA) is 56.9 Å². The average molecular weight is 417 g/mol. The molecule has 0 unspecified atom stereocenters. The molecule has 30 heavy (non-hydrogen) atoms. The van der Waals surface area contributed by atoms with E-state index in [0.717, 1.165) is 28.6 Å². The molecule has 4 nitrogen and oxygen atoms in total. The maximum atomic E-state index is 12.7. The van der Waals surface area contributed by atoms with Crippen LogP contribution < -0.4 is 10.6 Å². The van der Waals surface area contributed by atoms with Gasteiger partial charge in [-0.25, -0.2) is 0 Å². The van der Waals surface area contributed by atoms with Gasteiger partial charge < -0.3 is 15.6 Å². The van der Waals surface area contributed by atoms with Crippen molar-refractivity contribution in [2.75, 3.05) is 11.9 Å². The van der Waals surface area contributed by atoms with E-state index in [9.17, 15) is 18.0 Å². The van der Waals surface area contributed by atoms with Crippen LogP contribution in [0.1, 0.15) is 31.4 Å². The molecule has 1 atom stereocenters. The molecule has 3 N–H and O–H groups in total. The first kappa shape index (κ1) is 21.7. The lowest BCUT2D eigenvalue weighted by Crippen LogP contribution is -2.39. The van der Waals surface area contributed by atoms with E-state index in [1.165, 1.54) is 12.1 Å². The zero-order valence-electron chi connectivity index (χ0n) is 17.0. The standard InChI is InChI=1S/C23H26F3N3O/c1-15(2)21(29-18-10-8-17(9-11-18)23(24,25)26)14-28-22(30)12-7-16-13-27-20-6-4-3-5-19(16)20/h3-6,8-11,13,15,21,27,29H,7,12,14H2,1-2H3,(H,28,30)/t21-/m0/s1. The Morgan fingerprint density at radius 2 is 1.77 bits per heavy atom. The lowest BCUT2D eigenvalue weighted by atomic mass is 10.0. The van der Waals surface area contributed by atoms with E-state index in [1.807, 2.05) is 44.3 Å². The van der Waals surface area contributed by atoms with E-state index in [0.29, 0.717) is 25.1 Å². The number of hydrogen-bond donors (Lipinski definition) is 3. The number of rotatable bonds is 8. The van der Waals surface area contributed by atoms with E-state index in [4.69, 9.17) is 0 Å². The van der Waals surface area contributed by atoms with Gasteiger partial charge in [0, 0.05) is 41.8 Å². The highest BCUT2D eigenvalue weighted by atomic mass is 19.4. The van der Waals surface area contributed by atoms with Crippen LogP contribution in [-0.4, -0.2) is 23.5 Å². The van der Waals surface area contributed by atoms with Crippen LogP contribution in [0.3, 0.4) is 0 Å². The third-order valence-corrected chi connectivity index (χ3v) is 5.18. The zero-order valence-corrected chi connectivity index (χ0v) is 17.0. The molecule has 1 aromatic heterocycles. The minimum absolute atomic E-state index is 0.0554. The molecule has 3 aromatic rings. The zero-order chi connectivity index (χ0) is 21.7. The summed E-state index contributed by atoms with van der Waals surface area (Å²) in [5.74, 6) is 0.126. The molecule has 0 saturated carbocycles. The van der Waals surface area contributed by atoms with Gasteiger partial charge in [0.15, 0.2) is 0 Å². The summed E-state index contributed by atoms with van der Waals surface area (Å²) in [6.07, 6.45) is -1.42. The van der Waals surface area contributed by atoms with E-state index >= 15 is 0 Å². The number of aryl methyl sites for hydroxylation is 1. The summed E-state index contributed by atoms with van der Waals surface area (Å²) in [5.41, 5.74) is 2.06. The van der Waals surface area contributed by atoms with Crippen LogP contribution in [0.25, 0.3) is 10.9 Å². The van der Waals surface area contributed by atoms with Gasteiger partial charge in [-0.2, -0.15) is 13.2 Å². The van der Waals surface area contributed by atoms with Crippen molar-refractivity contribution in [1.82, 2.24) is 10.3 Å². The Bertz CT molecular complexity index is 977. The summed E-state index contributed by atoms with van der Waals surface area (Å²) in [6, 6.07) is 12.8. The molecule has 1 amide bonds. The van der Waals surface area contributed by atoms with E-state index in [-0.39, 0.29) is 17.9 Å². The molecule has 0 radical (unpaired) electrons. The summed E-state index contributed by atoms with van der Waals surface area (Å²) >= 11 is 0. The molecule has 0 bridgehead atoms. The number of aromatic nitrogens is 1. The maximum Gasteiger partial charge on any atom is 0.416 e. The quantitative estimate of drug-likeness (QED) is 0.461. The maximum absolute atomic E-state index is 12.7. The number of aromatic amines is 1. The number of nitrogens with one attached hydrogen (secondary N) is 3. The van der Waals surface area contributed by atoms with Gasteiger partial charge in [-0.15, -0.1) is 0 Å². The molecule has 160 valence electrons. The van der Waals surface area contributed by atoms with Crippen molar-refractivity contribution in [3.8, 4) is 0 Å². The van der Waals surface area contributed by atoms with Crippen molar-refractivity contribution >= 4 is 22.5 Å². The van der Waals surface area contributed by atoms with Gasteiger partial charge in [-0.1, -0.05) is 32.0 Å². The van der Waals surface area contributed by atoms with Crippen LogP contribution in [0, 0.1) is 5.92 Å². The fraction of sp³-hybridized carbons (Fsp3) is 0.348. The SMILES string of the molecule is CC(C)[C@H](CNC(=O)CCc1c[nH]c2ccccc12)Nc1ccc(C(F)(F)F)cc1. The number of fused-ring (bicyclic) bond motifs is 1. The molecule has 0 fully saturated rings. The molecule has 0 aliphatic heterocycles. The first-order valence-corrected chi connectivity index (χ1v) is 9.99. The third kappa shape index (κ3) is 5.55. The fourth-order valence-corrected chi connectivity index (χ4v) is 3.32. The fourth-order valence-electron chi connectivity index (χ4n) is 3.32. The molecule has 0 aliphatic carbocycles. The van der Waals surface area contributed by atoms with Crippen molar-refractivity contribution < 1.29 is 18.0 Å². The second-order valence-electron chi connectivity index (χ2n) is 7.73. The monoisotopic (exact) mass is 417 g/mol. The number of halogens is 3. The molecule has 0 aliphatic rings. The molecule has 3 rings (SSSR count). The highest BCUT2D eigenvalue weighted by Crippen LogP contribution is 2.30. The number of carbonyl (C=O) groups is 1. The Kier molecular flexibility index (Phi) is 6.70. The van der Waals surface area contributed by atoms with Gasteiger partial charge in [-0.05, 0) is 48.2 Å². The number of anilines is 1. The molecule has 7 heteroatoms. The average Bonchev–Trinajstić information content (AvgIpc) is 3.12. The number of para-hydroxylation sites is 1. The van der Waals surface area contributed by atoms with Crippen LogP contribution in [0.2, 0.25) is 0 Å². The summed E-state index contributed by atoms with van der Waals surface area (Å²) in [5, 5.41) is 7.28. The second-order valence-corrected chi connectivity index (χ2v) is 7.73. The van der Waals surface area contributed by atoms with Gasteiger partial charge in [0.1, 0.15) is 0 Å². The van der Waals surface area contributed by atoms with E-state index in [1.54, 1.807) is 0 Å². The summed E-state index contributed by atoms with van der Waals surface area (Å²) in [4.78, 5) is 15.5. The molecule has 0 saturated heterocycles. The highest BCUT2D eigenvalue weighted by molar-refractivity contribution is 5.84. The number of carbonyl (C=O) groups excluding carboxylic acids is 1. The van der Waals surface area contributed by atoms with Crippen molar-refractivity contribution in [1.29, 1.82) is 0 Å². The lowest BCUT2D eigenvalue weighted by Gasteiger charge is -2.24. The normalized spacial score (nSPS) is 12.9. The highest BCUT2D eigenvalue weighted by Gasteiger charge is 2.30. The second kappa shape index (κ2) is 9.24. The van der Waals surface area contributed by atoms with Crippen LogP contribution in [0.5, 0.6) is 0 Å². The smallest absolute Gasteiger partial charge is 0.380 e. The van der Waals surface area contributed by atoms with Crippen LogP contribution in [-0.2, 0) is 17.4 Å². The lowest BCUT2D eigenvalue weighted by molar-refractivity contribution is -0.137. The van der Waals surface area contributed by atoms with Crippen molar-refractivity contribution in [3.63, 3.8) is 0 Å². The molecular formula is C23H26F3N3O. The Balaban J connectivity index is 1.52. The number of benzene rings is 2. The summed E-state index contributed by atoms with van der Waals surface area (Å²) in [7, 11) is 0. The Hall–Kier alpha value is -2.96. The van der Waals surface area contributed by atoms with Crippen LogP contribution >= 0.6 is 0 Å².